The molecule has 0 fully saturated rings. The number of fused-ring (bicyclic) bond motifs is 1. The molecular weight excluding hydrogens is 278 g/mol. The Balaban J connectivity index is 1.88. The first-order chi connectivity index (χ1) is 10.3. The maximum absolute atomic E-state index is 4.78. The molecule has 0 amide bonds. The molecule has 0 saturated carbocycles. The van der Waals surface area contributed by atoms with Crippen molar-refractivity contribution < 1.29 is 0 Å². The molecule has 110 valence electrons. The van der Waals surface area contributed by atoms with Gasteiger partial charge in [-0.1, -0.05) is 36.8 Å². The maximum atomic E-state index is 4.78. The SMILES string of the molecule is CCCNc1nc(Cc2cccc(C)c2)nc2c1CSC2. The molecule has 0 atom stereocenters. The lowest BCUT2D eigenvalue weighted by atomic mass is 10.1. The molecule has 0 radical (unpaired) electrons. The number of nitrogens with zero attached hydrogens (tertiary/aromatic N) is 2. The second kappa shape index (κ2) is 6.48. The number of nitrogens with one attached hydrogen (secondary N) is 1. The highest BCUT2D eigenvalue weighted by Crippen LogP contribution is 2.33. The van der Waals surface area contributed by atoms with Crippen molar-refractivity contribution in [3.05, 3.63) is 52.5 Å². The van der Waals surface area contributed by atoms with Crippen LogP contribution in [0.25, 0.3) is 0 Å². The smallest absolute Gasteiger partial charge is 0.135 e. The third-order valence-corrected chi connectivity index (χ3v) is 4.58. The maximum Gasteiger partial charge on any atom is 0.135 e. The van der Waals surface area contributed by atoms with Crippen LogP contribution in [-0.2, 0) is 17.9 Å². The van der Waals surface area contributed by atoms with Crippen LogP contribution in [0.2, 0.25) is 0 Å². The minimum Gasteiger partial charge on any atom is -0.370 e. The highest BCUT2D eigenvalue weighted by molar-refractivity contribution is 7.98. The van der Waals surface area contributed by atoms with Crippen molar-refractivity contribution in [3.63, 3.8) is 0 Å². The number of rotatable bonds is 5. The summed E-state index contributed by atoms with van der Waals surface area (Å²) in [6.45, 7) is 5.27. The summed E-state index contributed by atoms with van der Waals surface area (Å²) < 4.78 is 0. The monoisotopic (exact) mass is 299 g/mol. The van der Waals surface area contributed by atoms with Gasteiger partial charge < -0.3 is 5.32 Å². The van der Waals surface area contributed by atoms with Gasteiger partial charge in [0, 0.05) is 30.0 Å². The number of thioether (sulfide) groups is 1. The van der Waals surface area contributed by atoms with Crippen LogP contribution in [0.15, 0.2) is 24.3 Å². The molecule has 1 N–H and O–H groups in total. The molecule has 0 unspecified atom stereocenters. The lowest BCUT2D eigenvalue weighted by Crippen LogP contribution is -2.10. The average molecular weight is 299 g/mol. The third-order valence-electron chi connectivity index (χ3n) is 3.61. The summed E-state index contributed by atoms with van der Waals surface area (Å²) in [4.78, 5) is 9.55. The van der Waals surface area contributed by atoms with E-state index < -0.39 is 0 Å². The minimum absolute atomic E-state index is 0.806. The lowest BCUT2D eigenvalue weighted by Gasteiger charge is -2.11. The number of hydrogen-bond donors (Lipinski definition) is 1. The Morgan fingerprint density at radius 3 is 2.95 bits per heavy atom. The minimum atomic E-state index is 0.806. The second-order valence-corrected chi connectivity index (χ2v) is 6.48. The summed E-state index contributed by atoms with van der Waals surface area (Å²) in [5.41, 5.74) is 5.09. The van der Waals surface area contributed by atoms with Gasteiger partial charge in [-0.3, -0.25) is 0 Å². The van der Waals surface area contributed by atoms with Gasteiger partial charge in [0.15, 0.2) is 0 Å². The van der Waals surface area contributed by atoms with Gasteiger partial charge in [0.1, 0.15) is 11.6 Å². The lowest BCUT2D eigenvalue weighted by molar-refractivity contribution is 0.904. The van der Waals surface area contributed by atoms with Crippen LogP contribution in [-0.4, -0.2) is 16.5 Å². The summed E-state index contributed by atoms with van der Waals surface area (Å²) in [5.74, 6) is 4.03. The van der Waals surface area contributed by atoms with Crippen molar-refractivity contribution in [1.82, 2.24) is 9.97 Å². The summed E-state index contributed by atoms with van der Waals surface area (Å²) in [6, 6.07) is 8.59. The van der Waals surface area contributed by atoms with E-state index in [-0.39, 0.29) is 0 Å². The zero-order valence-corrected chi connectivity index (χ0v) is 13.5. The van der Waals surface area contributed by atoms with E-state index >= 15 is 0 Å². The number of aromatic nitrogens is 2. The summed E-state index contributed by atoms with van der Waals surface area (Å²) in [6.07, 6.45) is 1.92. The quantitative estimate of drug-likeness (QED) is 0.907. The molecule has 0 spiro atoms. The highest BCUT2D eigenvalue weighted by Gasteiger charge is 2.19. The molecule has 0 bridgehead atoms. The van der Waals surface area contributed by atoms with Crippen molar-refractivity contribution in [2.45, 2.75) is 38.2 Å². The molecule has 3 rings (SSSR count). The molecule has 1 aliphatic heterocycles. The molecule has 1 aromatic carbocycles. The predicted octanol–water partition coefficient (Wildman–Crippen LogP) is 3.94. The first kappa shape index (κ1) is 14.4. The number of hydrogen-bond acceptors (Lipinski definition) is 4. The Morgan fingerprint density at radius 1 is 1.24 bits per heavy atom. The van der Waals surface area contributed by atoms with Crippen LogP contribution >= 0.6 is 11.8 Å². The van der Waals surface area contributed by atoms with E-state index in [4.69, 9.17) is 9.97 Å². The van der Waals surface area contributed by atoms with Crippen molar-refractivity contribution in [1.29, 1.82) is 0 Å². The molecule has 3 nitrogen and oxygen atoms in total. The van der Waals surface area contributed by atoms with Crippen molar-refractivity contribution in [2.24, 2.45) is 0 Å². The standard InChI is InChI=1S/C17H21N3S/c1-3-7-18-17-14-10-21-11-15(14)19-16(20-17)9-13-6-4-5-12(2)8-13/h4-6,8H,3,7,9-11H2,1-2H3,(H,18,19,20). The van der Waals surface area contributed by atoms with Gasteiger partial charge in [0.2, 0.25) is 0 Å². The van der Waals surface area contributed by atoms with E-state index in [2.05, 4.69) is 43.4 Å². The van der Waals surface area contributed by atoms with E-state index in [0.29, 0.717) is 0 Å². The number of aryl methyl sites for hydroxylation is 1. The average Bonchev–Trinajstić information content (AvgIpc) is 2.93. The van der Waals surface area contributed by atoms with E-state index in [9.17, 15) is 0 Å². The van der Waals surface area contributed by atoms with Crippen molar-refractivity contribution >= 4 is 17.6 Å². The van der Waals surface area contributed by atoms with Gasteiger partial charge >= 0.3 is 0 Å². The topological polar surface area (TPSA) is 37.8 Å². The van der Waals surface area contributed by atoms with E-state index in [1.54, 1.807) is 0 Å². The fourth-order valence-corrected chi connectivity index (χ4v) is 3.62. The first-order valence-corrected chi connectivity index (χ1v) is 8.67. The zero-order valence-electron chi connectivity index (χ0n) is 12.6. The van der Waals surface area contributed by atoms with Gasteiger partial charge in [0.25, 0.3) is 0 Å². The van der Waals surface area contributed by atoms with E-state index in [0.717, 1.165) is 42.5 Å². The Morgan fingerprint density at radius 2 is 2.14 bits per heavy atom. The summed E-state index contributed by atoms with van der Waals surface area (Å²) in [7, 11) is 0. The zero-order chi connectivity index (χ0) is 14.7. The van der Waals surface area contributed by atoms with Crippen LogP contribution in [0, 0.1) is 6.92 Å². The van der Waals surface area contributed by atoms with Gasteiger partial charge in [0.05, 0.1) is 5.69 Å². The van der Waals surface area contributed by atoms with Crippen LogP contribution < -0.4 is 5.32 Å². The Labute approximate surface area is 130 Å². The molecule has 1 aromatic heterocycles. The summed E-state index contributed by atoms with van der Waals surface area (Å²) in [5, 5.41) is 3.47. The Kier molecular flexibility index (Phi) is 4.44. The first-order valence-electron chi connectivity index (χ1n) is 7.52. The van der Waals surface area contributed by atoms with Gasteiger partial charge in [-0.05, 0) is 18.9 Å². The van der Waals surface area contributed by atoms with Crippen LogP contribution in [0.5, 0.6) is 0 Å². The largest absolute Gasteiger partial charge is 0.370 e. The second-order valence-electron chi connectivity index (χ2n) is 5.50. The highest BCUT2D eigenvalue weighted by atomic mass is 32.2. The number of benzene rings is 1. The molecule has 4 heteroatoms. The fourth-order valence-electron chi connectivity index (χ4n) is 2.58. The third kappa shape index (κ3) is 3.38. The van der Waals surface area contributed by atoms with E-state index in [1.165, 1.54) is 22.4 Å². The summed E-state index contributed by atoms with van der Waals surface area (Å²) >= 11 is 1.93. The van der Waals surface area contributed by atoms with Crippen molar-refractivity contribution in [3.8, 4) is 0 Å². The van der Waals surface area contributed by atoms with Crippen LogP contribution in [0.4, 0.5) is 5.82 Å². The van der Waals surface area contributed by atoms with Crippen LogP contribution in [0.1, 0.15) is 41.6 Å². The predicted molar refractivity (Wildman–Crippen MR) is 89.8 cm³/mol. The number of anilines is 1. The fraction of sp³-hybridized carbons (Fsp3) is 0.412. The molecule has 21 heavy (non-hydrogen) atoms. The molecule has 2 aromatic rings. The van der Waals surface area contributed by atoms with Gasteiger partial charge in [-0.2, -0.15) is 11.8 Å². The Hall–Kier alpha value is -1.55. The normalized spacial score (nSPS) is 13.2. The van der Waals surface area contributed by atoms with Gasteiger partial charge in [-0.25, -0.2) is 9.97 Å². The molecule has 2 heterocycles. The molecule has 0 saturated heterocycles. The van der Waals surface area contributed by atoms with Gasteiger partial charge in [-0.15, -0.1) is 0 Å². The molecule has 1 aliphatic rings. The Bertz CT molecular complexity index is 640. The van der Waals surface area contributed by atoms with Crippen LogP contribution in [0.3, 0.4) is 0 Å². The molecular formula is C17H21N3S. The van der Waals surface area contributed by atoms with E-state index in [1.807, 2.05) is 11.8 Å². The molecule has 0 aliphatic carbocycles. The van der Waals surface area contributed by atoms with Crippen molar-refractivity contribution in [2.75, 3.05) is 11.9 Å².